The Kier molecular flexibility index (Phi) is 3.38. The highest BCUT2D eigenvalue weighted by molar-refractivity contribution is 5.94. The highest BCUT2D eigenvalue weighted by Crippen LogP contribution is 2.24. The van der Waals surface area contributed by atoms with Crippen LogP contribution in [0.2, 0.25) is 0 Å². The summed E-state index contributed by atoms with van der Waals surface area (Å²) in [5.74, 6) is 0.0891. The molecule has 0 fully saturated rings. The van der Waals surface area contributed by atoms with E-state index < -0.39 is 0 Å². The van der Waals surface area contributed by atoms with Gasteiger partial charge >= 0.3 is 0 Å². The van der Waals surface area contributed by atoms with Crippen molar-refractivity contribution in [1.29, 1.82) is 0 Å². The quantitative estimate of drug-likeness (QED) is 0.867. The molecule has 1 aliphatic heterocycles. The smallest absolute Gasteiger partial charge is 0.250 e. The standard InChI is InChI=1S/C14H19N3O2/c18-10-13-6-8-17-12(5-7-15-17)9-16(13)14(19)11-3-1-2-4-11/h3,5,7,13,18H,1-2,4,6,8-10H2/t13-/m0/s1. The molecule has 1 atom stereocenters. The number of nitrogens with zero attached hydrogens (tertiary/aromatic N) is 3. The first-order valence-corrected chi connectivity index (χ1v) is 6.91. The number of hydrogen-bond acceptors (Lipinski definition) is 3. The van der Waals surface area contributed by atoms with Crippen molar-refractivity contribution in [3.8, 4) is 0 Å². The molecule has 1 aromatic rings. The van der Waals surface area contributed by atoms with E-state index in [9.17, 15) is 9.90 Å². The lowest BCUT2D eigenvalue weighted by atomic mass is 10.1. The topological polar surface area (TPSA) is 58.4 Å². The number of aliphatic hydroxyl groups excluding tert-OH is 1. The molecule has 1 aromatic heterocycles. The molecular formula is C14H19N3O2. The second kappa shape index (κ2) is 5.17. The molecule has 0 bridgehead atoms. The summed E-state index contributed by atoms with van der Waals surface area (Å²) in [6.07, 6.45) is 7.50. The summed E-state index contributed by atoms with van der Waals surface area (Å²) in [7, 11) is 0. The van der Waals surface area contributed by atoms with Crippen LogP contribution in [0.25, 0.3) is 0 Å². The number of aromatic nitrogens is 2. The van der Waals surface area contributed by atoms with Gasteiger partial charge in [0.15, 0.2) is 0 Å². The number of carbonyl (C=O) groups is 1. The second-order valence-electron chi connectivity index (χ2n) is 5.23. The largest absolute Gasteiger partial charge is 0.394 e. The third-order valence-corrected chi connectivity index (χ3v) is 4.04. The molecule has 5 nitrogen and oxygen atoms in total. The predicted octanol–water partition coefficient (Wildman–Crippen LogP) is 1.09. The molecule has 2 aliphatic rings. The maximum absolute atomic E-state index is 12.6. The van der Waals surface area contributed by atoms with Gasteiger partial charge in [-0.3, -0.25) is 9.48 Å². The highest BCUT2D eigenvalue weighted by atomic mass is 16.3. The van der Waals surface area contributed by atoms with Crippen LogP contribution < -0.4 is 0 Å². The average molecular weight is 261 g/mol. The minimum absolute atomic E-state index is 0.0177. The Morgan fingerprint density at radius 2 is 2.42 bits per heavy atom. The molecule has 0 unspecified atom stereocenters. The van der Waals surface area contributed by atoms with Crippen LogP contribution in [0.15, 0.2) is 23.9 Å². The van der Waals surface area contributed by atoms with Crippen molar-refractivity contribution in [1.82, 2.24) is 14.7 Å². The number of rotatable bonds is 2. The van der Waals surface area contributed by atoms with E-state index in [-0.39, 0.29) is 18.6 Å². The number of aryl methyl sites for hydroxylation is 1. The van der Waals surface area contributed by atoms with Crippen molar-refractivity contribution in [2.24, 2.45) is 0 Å². The van der Waals surface area contributed by atoms with Crippen molar-refractivity contribution >= 4 is 5.91 Å². The Morgan fingerprint density at radius 3 is 3.16 bits per heavy atom. The van der Waals surface area contributed by atoms with Gasteiger partial charge in [0, 0.05) is 18.3 Å². The van der Waals surface area contributed by atoms with Gasteiger partial charge in [0.05, 0.1) is 24.9 Å². The molecule has 0 spiro atoms. The van der Waals surface area contributed by atoms with Crippen LogP contribution >= 0.6 is 0 Å². The first-order valence-electron chi connectivity index (χ1n) is 6.91. The van der Waals surface area contributed by atoms with Crippen LogP contribution in [0.1, 0.15) is 31.4 Å². The molecule has 1 aliphatic carbocycles. The molecule has 1 N–H and O–H groups in total. The van der Waals surface area contributed by atoms with E-state index in [1.165, 1.54) is 0 Å². The van der Waals surface area contributed by atoms with Crippen LogP contribution in [-0.4, -0.2) is 38.3 Å². The van der Waals surface area contributed by atoms with E-state index in [0.29, 0.717) is 6.54 Å². The van der Waals surface area contributed by atoms with Crippen molar-refractivity contribution in [2.75, 3.05) is 6.61 Å². The lowest BCUT2D eigenvalue weighted by molar-refractivity contribution is -0.131. The molecule has 0 radical (unpaired) electrons. The van der Waals surface area contributed by atoms with Crippen LogP contribution in [-0.2, 0) is 17.9 Å². The Labute approximate surface area is 112 Å². The summed E-state index contributed by atoms with van der Waals surface area (Å²) < 4.78 is 1.93. The van der Waals surface area contributed by atoms with Gasteiger partial charge in [-0.15, -0.1) is 0 Å². The van der Waals surface area contributed by atoms with E-state index in [2.05, 4.69) is 5.10 Å². The second-order valence-corrected chi connectivity index (χ2v) is 5.23. The normalized spacial score (nSPS) is 22.9. The maximum Gasteiger partial charge on any atom is 0.250 e. The monoisotopic (exact) mass is 261 g/mol. The summed E-state index contributed by atoms with van der Waals surface area (Å²) in [4.78, 5) is 14.4. The molecule has 3 rings (SSSR count). The van der Waals surface area contributed by atoms with Crippen molar-refractivity contribution < 1.29 is 9.90 Å². The predicted molar refractivity (Wildman–Crippen MR) is 70.2 cm³/mol. The molecule has 2 heterocycles. The van der Waals surface area contributed by atoms with Gasteiger partial charge in [0.25, 0.3) is 0 Å². The van der Waals surface area contributed by atoms with Crippen LogP contribution in [0.5, 0.6) is 0 Å². The Hall–Kier alpha value is -1.62. The van der Waals surface area contributed by atoms with Gasteiger partial charge in [-0.2, -0.15) is 5.10 Å². The number of amides is 1. The highest BCUT2D eigenvalue weighted by Gasteiger charge is 2.29. The third-order valence-electron chi connectivity index (χ3n) is 4.04. The van der Waals surface area contributed by atoms with Crippen molar-refractivity contribution in [2.45, 2.75) is 44.8 Å². The Bertz CT molecular complexity index is 507. The fourth-order valence-corrected chi connectivity index (χ4v) is 2.90. The zero-order chi connectivity index (χ0) is 13.2. The van der Waals surface area contributed by atoms with E-state index in [0.717, 1.165) is 43.5 Å². The lowest BCUT2D eigenvalue weighted by Crippen LogP contribution is -2.41. The molecule has 5 heteroatoms. The molecule has 1 amide bonds. The van der Waals surface area contributed by atoms with Crippen molar-refractivity contribution in [3.63, 3.8) is 0 Å². The first-order chi connectivity index (χ1) is 9.29. The summed E-state index contributed by atoms with van der Waals surface area (Å²) in [5.41, 5.74) is 1.95. The minimum Gasteiger partial charge on any atom is -0.394 e. The SMILES string of the molecule is O=C(C1=CCCC1)N1Cc2ccnn2CC[C@H]1CO. The summed E-state index contributed by atoms with van der Waals surface area (Å²) in [5, 5.41) is 13.8. The fraction of sp³-hybridized carbons (Fsp3) is 0.571. The molecular weight excluding hydrogens is 242 g/mol. The van der Waals surface area contributed by atoms with Gasteiger partial charge in [0.2, 0.25) is 5.91 Å². The van der Waals surface area contributed by atoms with Crippen molar-refractivity contribution in [3.05, 3.63) is 29.6 Å². The van der Waals surface area contributed by atoms with Gasteiger partial charge < -0.3 is 10.0 Å². The van der Waals surface area contributed by atoms with Crippen LogP contribution in [0.4, 0.5) is 0 Å². The number of aliphatic hydroxyl groups is 1. The molecule has 19 heavy (non-hydrogen) atoms. The average Bonchev–Trinajstić information content (AvgIpc) is 3.06. The molecule has 102 valence electrons. The zero-order valence-electron chi connectivity index (χ0n) is 11.0. The van der Waals surface area contributed by atoms with Gasteiger partial charge in [-0.25, -0.2) is 0 Å². The molecule has 0 saturated heterocycles. The van der Waals surface area contributed by atoms with Crippen LogP contribution in [0, 0.1) is 0 Å². The van der Waals surface area contributed by atoms with E-state index in [4.69, 9.17) is 0 Å². The molecule has 0 saturated carbocycles. The summed E-state index contributed by atoms with van der Waals surface area (Å²) in [6, 6.07) is 1.85. The van der Waals surface area contributed by atoms with E-state index in [1.807, 2.05) is 21.7 Å². The van der Waals surface area contributed by atoms with Gasteiger partial charge in [-0.05, 0) is 31.7 Å². The van der Waals surface area contributed by atoms with Crippen LogP contribution in [0.3, 0.4) is 0 Å². The number of hydrogen-bond donors (Lipinski definition) is 1. The zero-order valence-corrected chi connectivity index (χ0v) is 11.0. The third kappa shape index (κ3) is 2.30. The Morgan fingerprint density at radius 1 is 1.53 bits per heavy atom. The number of fused-ring (bicyclic) bond motifs is 1. The lowest BCUT2D eigenvalue weighted by Gasteiger charge is -2.28. The van der Waals surface area contributed by atoms with E-state index >= 15 is 0 Å². The fourth-order valence-electron chi connectivity index (χ4n) is 2.90. The Balaban J connectivity index is 1.86. The van der Waals surface area contributed by atoms with E-state index in [1.54, 1.807) is 6.20 Å². The maximum atomic E-state index is 12.6. The molecule has 0 aromatic carbocycles. The minimum atomic E-state index is -0.101. The van der Waals surface area contributed by atoms with Gasteiger partial charge in [0.1, 0.15) is 0 Å². The van der Waals surface area contributed by atoms with Gasteiger partial charge in [-0.1, -0.05) is 6.08 Å². The first kappa shape index (κ1) is 12.4. The number of allylic oxidation sites excluding steroid dienone is 1. The number of carbonyl (C=O) groups excluding carboxylic acids is 1. The summed E-state index contributed by atoms with van der Waals surface area (Å²) in [6.45, 7) is 1.32. The summed E-state index contributed by atoms with van der Waals surface area (Å²) >= 11 is 0.